The Labute approximate surface area is 171 Å². The van der Waals surface area contributed by atoms with E-state index in [0.717, 1.165) is 81.4 Å². The van der Waals surface area contributed by atoms with Crippen LogP contribution in [0.4, 0.5) is 0 Å². The lowest BCUT2D eigenvalue weighted by Crippen LogP contribution is -2.54. The zero-order chi connectivity index (χ0) is 19.5. The van der Waals surface area contributed by atoms with Crippen LogP contribution >= 0.6 is 11.3 Å². The van der Waals surface area contributed by atoms with Crippen molar-refractivity contribution in [3.05, 3.63) is 21.9 Å². The van der Waals surface area contributed by atoms with Crippen LogP contribution in [0.15, 0.2) is 12.1 Å². The summed E-state index contributed by atoms with van der Waals surface area (Å²) in [5.41, 5.74) is 0. The minimum absolute atomic E-state index is 0.120. The number of carbonyl (C=O) groups excluding carboxylic acids is 2. The molecule has 2 aliphatic heterocycles. The molecule has 1 aliphatic carbocycles. The Morgan fingerprint density at radius 2 is 1.96 bits per heavy atom. The molecule has 1 aromatic rings. The van der Waals surface area contributed by atoms with Gasteiger partial charge in [-0.1, -0.05) is 0 Å². The van der Waals surface area contributed by atoms with E-state index in [2.05, 4.69) is 9.80 Å². The fourth-order valence-electron chi connectivity index (χ4n) is 4.21. The fourth-order valence-corrected chi connectivity index (χ4v) is 5.05. The first-order valence-corrected chi connectivity index (χ1v) is 11.4. The fraction of sp³-hybridized carbons (Fsp3) is 0.714. The SMILES string of the molecule is Cc1ccc(C(=O)N2CCCC(N(CCN3CCOCC3)C(=O)C3CC3)C2)s1. The van der Waals surface area contributed by atoms with Gasteiger partial charge in [-0.3, -0.25) is 14.5 Å². The quantitative estimate of drug-likeness (QED) is 0.728. The van der Waals surface area contributed by atoms with Crippen molar-refractivity contribution in [1.82, 2.24) is 14.7 Å². The third kappa shape index (κ3) is 4.75. The Morgan fingerprint density at radius 1 is 1.18 bits per heavy atom. The van der Waals surface area contributed by atoms with Gasteiger partial charge in [0, 0.05) is 56.1 Å². The van der Waals surface area contributed by atoms with Gasteiger partial charge in [0.25, 0.3) is 5.91 Å². The van der Waals surface area contributed by atoms with Crippen molar-refractivity contribution in [2.75, 3.05) is 52.5 Å². The van der Waals surface area contributed by atoms with Crippen LogP contribution in [0.5, 0.6) is 0 Å². The van der Waals surface area contributed by atoms with Crippen LogP contribution in [-0.4, -0.2) is 85.0 Å². The summed E-state index contributed by atoms with van der Waals surface area (Å²) < 4.78 is 5.44. The van der Waals surface area contributed by atoms with Gasteiger partial charge in [-0.05, 0) is 44.7 Å². The first kappa shape index (κ1) is 19.9. The van der Waals surface area contributed by atoms with Gasteiger partial charge in [0.05, 0.1) is 18.1 Å². The highest BCUT2D eigenvalue weighted by Crippen LogP contribution is 2.33. The lowest BCUT2D eigenvalue weighted by Gasteiger charge is -2.40. The van der Waals surface area contributed by atoms with E-state index >= 15 is 0 Å². The molecule has 0 N–H and O–H groups in total. The van der Waals surface area contributed by atoms with Crippen LogP contribution in [0, 0.1) is 12.8 Å². The van der Waals surface area contributed by atoms with Crippen molar-refractivity contribution in [2.24, 2.45) is 5.92 Å². The number of hydrogen-bond acceptors (Lipinski definition) is 5. The average Bonchev–Trinajstić information content (AvgIpc) is 3.49. The number of likely N-dealkylation sites (tertiary alicyclic amines) is 1. The van der Waals surface area contributed by atoms with Crippen molar-refractivity contribution in [3.8, 4) is 0 Å². The van der Waals surface area contributed by atoms with E-state index in [1.54, 1.807) is 11.3 Å². The van der Waals surface area contributed by atoms with Crippen LogP contribution in [-0.2, 0) is 9.53 Å². The molecule has 2 saturated heterocycles. The highest BCUT2D eigenvalue weighted by Gasteiger charge is 2.38. The lowest BCUT2D eigenvalue weighted by molar-refractivity contribution is -0.136. The Hall–Kier alpha value is -1.44. The lowest BCUT2D eigenvalue weighted by atomic mass is 10.0. The summed E-state index contributed by atoms with van der Waals surface area (Å²) in [4.78, 5) is 34.3. The van der Waals surface area contributed by atoms with E-state index in [-0.39, 0.29) is 17.9 Å². The van der Waals surface area contributed by atoms with Crippen molar-refractivity contribution < 1.29 is 14.3 Å². The summed E-state index contributed by atoms with van der Waals surface area (Å²) in [6, 6.07) is 4.08. The molecule has 3 heterocycles. The Balaban J connectivity index is 1.41. The molecule has 0 bridgehead atoms. The number of piperidine rings is 1. The van der Waals surface area contributed by atoms with Gasteiger partial charge in [0.1, 0.15) is 0 Å². The summed E-state index contributed by atoms with van der Waals surface area (Å²) in [7, 11) is 0. The second kappa shape index (κ2) is 8.93. The summed E-state index contributed by atoms with van der Waals surface area (Å²) in [5.74, 6) is 0.644. The highest BCUT2D eigenvalue weighted by atomic mass is 32.1. The van der Waals surface area contributed by atoms with E-state index in [4.69, 9.17) is 4.74 Å². The molecular formula is C21H31N3O3S. The van der Waals surface area contributed by atoms with Gasteiger partial charge >= 0.3 is 0 Å². The third-order valence-electron chi connectivity index (χ3n) is 6.05. The predicted octanol–water partition coefficient (Wildman–Crippen LogP) is 2.23. The van der Waals surface area contributed by atoms with E-state index in [9.17, 15) is 9.59 Å². The van der Waals surface area contributed by atoms with Crippen LogP contribution in [0.1, 0.15) is 40.2 Å². The number of hydrogen-bond donors (Lipinski definition) is 0. The maximum Gasteiger partial charge on any atom is 0.263 e. The summed E-state index contributed by atoms with van der Waals surface area (Å²) >= 11 is 1.56. The van der Waals surface area contributed by atoms with Gasteiger partial charge in [0.15, 0.2) is 0 Å². The minimum Gasteiger partial charge on any atom is -0.379 e. The maximum atomic E-state index is 13.0. The number of ether oxygens (including phenoxy) is 1. The second-order valence-corrected chi connectivity index (χ2v) is 9.51. The smallest absolute Gasteiger partial charge is 0.263 e. The number of nitrogens with zero attached hydrogens (tertiary/aromatic N) is 3. The Kier molecular flexibility index (Phi) is 6.33. The first-order valence-electron chi connectivity index (χ1n) is 10.6. The molecule has 154 valence electrons. The Morgan fingerprint density at radius 3 is 2.64 bits per heavy atom. The van der Waals surface area contributed by atoms with Crippen LogP contribution in [0.25, 0.3) is 0 Å². The van der Waals surface area contributed by atoms with Gasteiger partial charge in [-0.2, -0.15) is 0 Å². The van der Waals surface area contributed by atoms with Crippen LogP contribution < -0.4 is 0 Å². The van der Waals surface area contributed by atoms with Crippen molar-refractivity contribution >= 4 is 23.2 Å². The van der Waals surface area contributed by atoms with Gasteiger partial charge in [-0.25, -0.2) is 0 Å². The topological polar surface area (TPSA) is 53.1 Å². The Bertz CT molecular complexity index is 697. The number of morpholine rings is 1. The van der Waals surface area contributed by atoms with Crippen molar-refractivity contribution in [2.45, 2.75) is 38.6 Å². The zero-order valence-electron chi connectivity index (χ0n) is 16.8. The van der Waals surface area contributed by atoms with Crippen LogP contribution in [0.3, 0.4) is 0 Å². The van der Waals surface area contributed by atoms with E-state index < -0.39 is 0 Å². The molecule has 0 aromatic carbocycles. The van der Waals surface area contributed by atoms with E-state index in [1.807, 2.05) is 24.0 Å². The predicted molar refractivity (Wildman–Crippen MR) is 110 cm³/mol. The van der Waals surface area contributed by atoms with E-state index in [0.29, 0.717) is 12.5 Å². The zero-order valence-corrected chi connectivity index (χ0v) is 17.6. The average molecular weight is 406 g/mol. The normalized spacial score (nSPS) is 23.6. The van der Waals surface area contributed by atoms with Gasteiger partial charge in [0.2, 0.25) is 5.91 Å². The van der Waals surface area contributed by atoms with E-state index in [1.165, 1.54) is 0 Å². The summed E-state index contributed by atoms with van der Waals surface area (Å²) in [6.45, 7) is 8.60. The molecule has 0 radical (unpaired) electrons. The van der Waals surface area contributed by atoms with Gasteiger partial charge < -0.3 is 14.5 Å². The molecule has 3 fully saturated rings. The number of amides is 2. The molecule has 6 nitrogen and oxygen atoms in total. The van der Waals surface area contributed by atoms with Gasteiger partial charge in [-0.15, -0.1) is 11.3 Å². The number of aryl methyl sites for hydroxylation is 1. The summed E-state index contributed by atoms with van der Waals surface area (Å²) in [5, 5.41) is 0. The molecule has 2 amide bonds. The third-order valence-corrected chi connectivity index (χ3v) is 7.03. The molecule has 4 rings (SSSR count). The number of thiophene rings is 1. The molecule has 0 spiro atoms. The monoisotopic (exact) mass is 405 g/mol. The summed E-state index contributed by atoms with van der Waals surface area (Å²) in [6.07, 6.45) is 4.01. The molecule has 1 saturated carbocycles. The number of rotatable bonds is 6. The molecular weight excluding hydrogens is 374 g/mol. The maximum absolute atomic E-state index is 13.0. The molecule has 3 aliphatic rings. The molecule has 1 aromatic heterocycles. The second-order valence-electron chi connectivity index (χ2n) is 8.22. The van der Waals surface area contributed by atoms with Crippen LogP contribution in [0.2, 0.25) is 0 Å². The molecule has 1 atom stereocenters. The van der Waals surface area contributed by atoms with Crippen molar-refractivity contribution in [3.63, 3.8) is 0 Å². The highest BCUT2D eigenvalue weighted by molar-refractivity contribution is 7.13. The molecule has 1 unspecified atom stereocenters. The molecule has 7 heteroatoms. The molecule has 28 heavy (non-hydrogen) atoms. The van der Waals surface area contributed by atoms with Crippen molar-refractivity contribution in [1.29, 1.82) is 0 Å². The number of carbonyl (C=O) groups is 2. The minimum atomic E-state index is 0.120. The largest absolute Gasteiger partial charge is 0.379 e. The first-order chi connectivity index (χ1) is 13.6. The standard InChI is InChI=1S/C21H31N3O3S/c1-16-4-7-19(28-16)21(26)23-8-2-3-18(15-23)24(20(25)17-5-6-17)10-9-22-11-13-27-14-12-22/h4,7,17-18H,2-3,5-6,8-15H2,1H3.